The lowest BCUT2D eigenvalue weighted by atomic mass is 10.0. The van der Waals surface area contributed by atoms with Crippen molar-refractivity contribution >= 4 is 39.0 Å². The highest BCUT2D eigenvalue weighted by Crippen LogP contribution is 2.24. The van der Waals surface area contributed by atoms with Gasteiger partial charge in [0.1, 0.15) is 5.75 Å². The summed E-state index contributed by atoms with van der Waals surface area (Å²) in [6.07, 6.45) is 0. The number of methoxy groups -OCH3 is 1. The van der Waals surface area contributed by atoms with Gasteiger partial charge in [-0.1, -0.05) is 41.9 Å². The topological polar surface area (TPSA) is 92.8 Å². The van der Waals surface area contributed by atoms with Gasteiger partial charge in [-0.15, -0.1) is 0 Å². The Bertz CT molecular complexity index is 1230. The Morgan fingerprint density at radius 3 is 2.28 bits per heavy atom. The van der Waals surface area contributed by atoms with Gasteiger partial charge in [-0.2, -0.15) is 4.31 Å². The average Bonchev–Trinajstić information content (AvgIpc) is 2.80. The third-order valence-electron chi connectivity index (χ3n) is 4.67. The van der Waals surface area contributed by atoms with Gasteiger partial charge in [0.25, 0.3) is 0 Å². The third-order valence-corrected chi connectivity index (χ3v) is 6.72. The van der Waals surface area contributed by atoms with Crippen molar-refractivity contribution < 1.29 is 22.7 Å². The van der Waals surface area contributed by atoms with Crippen molar-refractivity contribution in [2.45, 2.75) is 4.90 Å². The van der Waals surface area contributed by atoms with Gasteiger partial charge >= 0.3 is 0 Å². The van der Waals surface area contributed by atoms with Crippen LogP contribution in [-0.4, -0.2) is 45.1 Å². The van der Waals surface area contributed by atoms with Crippen LogP contribution in [0.15, 0.2) is 77.7 Å². The Morgan fingerprint density at radius 1 is 1.00 bits per heavy atom. The van der Waals surface area contributed by atoms with Gasteiger partial charge < -0.3 is 10.1 Å². The molecule has 3 aromatic rings. The quantitative estimate of drug-likeness (QED) is 0.503. The first kappa shape index (κ1) is 23.5. The highest BCUT2D eigenvalue weighted by Gasteiger charge is 2.24. The molecule has 32 heavy (non-hydrogen) atoms. The number of sulfonamides is 1. The molecule has 3 rings (SSSR count). The van der Waals surface area contributed by atoms with Crippen LogP contribution in [0.3, 0.4) is 0 Å². The summed E-state index contributed by atoms with van der Waals surface area (Å²) in [7, 11) is -1.12. The third kappa shape index (κ3) is 5.34. The number of carbonyl (C=O) groups excluding carboxylic acids is 2. The van der Waals surface area contributed by atoms with E-state index in [1.807, 2.05) is 0 Å². The van der Waals surface area contributed by atoms with Crippen molar-refractivity contribution in [1.29, 1.82) is 0 Å². The second-order valence-electron chi connectivity index (χ2n) is 6.87. The van der Waals surface area contributed by atoms with Crippen molar-refractivity contribution in [3.63, 3.8) is 0 Å². The summed E-state index contributed by atoms with van der Waals surface area (Å²) in [6, 6.07) is 18.9. The predicted octanol–water partition coefficient (Wildman–Crippen LogP) is 3.84. The summed E-state index contributed by atoms with van der Waals surface area (Å²) in [4.78, 5) is 25.5. The SMILES string of the molecule is COc1ccc(S(=O)(=O)N(C)CC(=O)Nc2ccc(Cl)cc2C(=O)c2ccccc2)cc1. The Labute approximate surface area is 191 Å². The Balaban J connectivity index is 1.78. The molecule has 1 N–H and O–H groups in total. The zero-order chi connectivity index (χ0) is 23.3. The van der Waals surface area contributed by atoms with E-state index < -0.39 is 22.5 Å². The average molecular weight is 473 g/mol. The van der Waals surface area contributed by atoms with Crippen molar-refractivity contribution in [3.8, 4) is 5.75 Å². The molecule has 0 aliphatic rings. The van der Waals surface area contributed by atoms with E-state index in [4.69, 9.17) is 16.3 Å². The molecular weight excluding hydrogens is 452 g/mol. The summed E-state index contributed by atoms with van der Waals surface area (Å²) in [5, 5.41) is 2.95. The molecule has 0 saturated heterocycles. The van der Waals surface area contributed by atoms with Gasteiger partial charge in [0.2, 0.25) is 15.9 Å². The Kier molecular flexibility index (Phi) is 7.29. The highest BCUT2D eigenvalue weighted by atomic mass is 35.5. The zero-order valence-corrected chi connectivity index (χ0v) is 19.0. The molecule has 0 radical (unpaired) electrons. The molecule has 0 atom stereocenters. The molecule has 1 amide bonds. The normalized spacial score (nSPS) is 11.2. The van der Waals surface area contributed by atoms with Crippen molar-refractivity contribution in [1.82, 2.24) is 4.31 Å². The molecule has 3 aromatic carbocycles. The number of benzene rings is 3. The molecule has 0 aliphatic heterocycles. The number of nitrogens with zero attached hydrogens (tertiary/aromatic N) is 1. The Morgan fingerprint density at radius 2 is 1.66 bits per heavy atom. The molecule has 0 unspecified atom stereocenters. The molecule has 0 fully saturated rings. The molecule has 0 heterocycles. The van der Waals surface area contributed by atoms with Gasteiger partial charge in [0.15, 0.2) is 5.78 Å². The summed E-state index contributed by atoms with van der Waals surface area (Å²) in [5.41, 5.74) is 0.880. The fourth-order valence-corrected chi connectivity index (χ4v) is 4.26. The maximum atomic E-state index is 12.9. The summed E-state index contributed by atoms with van der Waals surface area (Å²) in [5.74, 6) is -0.403. The number of amides is 1. The zero-order valence-electron chi connectivity index (χ0n) is 17.4. The number of likely N-dealkylation sites (N-methyl/N-ethyl adjacent to an activating group) is 1. The van der Waals surface area contributed by atoms with Crippen LogP contribution in [0.25, 0.3) is 0 Å². The number of ketones is 1. The van der Waals surface area contributed by atoms with Crippen LogP contribution in [0.2, 0.25) is 5.02 Å². The van der Waals surface area contributed by atoms with E-state index >= 15 is 0 Å². The first-order chi connectivity index (χ1) is 15.2. The van der Waals surface area contributed by atoms with Crippen LogP contribution in [0, 0.1) is 0 Å². The van der Waals surface area contributed by atoms with E-state index in [1.54, 1.807) is 30.3 Å². The molecule has 0 aliphatic carbocycles. The number of ether oxygens (including phenoxy) is 1. The lowest BCUT2D eigenvalue weighted by Crippen LogP contribution is -2.35. The second-order valence-corrected chi connectivity index (χ2v) is 9.35. The van der Waals surface area contributed by atoms with E-state index in [0.717, 1.165) is 4.31 Å². The summed E-state index contributed by atoms with van der Waals surface area (Å²) >= 11 is 6.06. The molecule has 9 heteroatoms. The largest absolute Gasteiger partial charge is 0.497 e. The van der Waals surface area contributed by atoms with Crippen molar-refractivity contribution in [3.05, 3.63) is 88.9 Å². The number of carbonyl (C=O) groups is 2. The number of anilines is 1. The van der Waals surface area contributed by atoms with Gasteiger partial charge in [-0.05, 0) is 42.5 Å². The molecule has 0 bridgehead atoms. The van der Waals surface area contributed by atoms with Gasteiger partial charge in [-0.25, -0.2) is 8.42 Å². The first-order valence-electron chi connectivity index (χ1n) is 9.52. The molecule has 0 saturated carbocycles. The smallest absolute Gasteiger partial charge is 0.243 e. The van der Waals surface area contributed by atoms with Crippen LogP contribution in [0.5, 0.6) is 5.75 Å². The molecule has 166 valence electrons. The maximum Gasteiger partial charge on any atom is 0.243 e. The molecule has 0 aromatic heterocycles. The Hall–Kier alpha value is -3.20. The van der Waals surface area contributed by atoms with Crippen molar-refractivity contribution in [2.75, 3.05) is 26.0 Å². The van der Waals surface area contributed by atoms with Crippen molar-refractivity contribution in [2.24, 2.45) is 0 Å². The van der Waals surface area contributed by atoms with Crippen LogP contribution in [0.1, 0.15) is 15.9 Å². The maximum absolute atomic E-state index is 12.9. The summed E-state index contributed by atoms with van der Waals surface area (Å²) < 4.78 is 31.5. The fourth-order valence-electron chi connectivity index (χ4n) is 2.96. The highest BCUT2D eigenvalue weighted by molar-refractivity contribution is 7.89. The van der Waals surface area contributed by atoms with Crippen LogP contribution in [-0.2, 0) is 14.8 Å². The molecular formula is C23H21ClN2O5S. The standard InChI is InChI=1S/C23H21ClN2O5S/c1-26(32(29,30)19-11-9-18(31-2)10-12-19)15-22(27)25-21-13-8-17(24)14-20(21)23(28)16-6-4-3-5-7-16/h3-14H,15H2,1-2H3,(H,25,27). The number of rotatable bonds is 8. The van der Waals surface area contributed by atoms with E-state index in [-0.39, 0.29) is 21.9 Å². The minimum absolute atomic E-state index is 0.0278. The van der Waals surface area contributed by atoms with Gasteiger partial charge in [-0.3, -0.25) is 9.59 Å². The fraction of sp³-hybridized carbons (Fsp3) is 0.130. The van der Waals surface area contributed by atoms with Gasteiger partial charge in [0, 0.05) is 23.2 Å². The first-order valence-corrected chi connectivity index (χ1v) is 11.3. The number of hydrogen-bond donors (Lipinski definition) is 1. The molecule has 0 spiro atoms. The van der Waals surface area contributed by atoms with E-state index in [0.29, 0.717) is 16.3 Å². The van der Waals surface area contributed by atoms with E-state index in [2.05, 4.69) is 5.32 Å². The number of hydrogen-bond acceptors (Lipinski definition) is 5. The van der Waals surface area contributed by atoms with Crippen LogP contribution < -0.4 is 10.1 Å². The van der Waals surface area contributed by atoms with Crippen LogP contribution in [0.4, 0.5) is 5.69 Å². The van der Waals surface area contributed by atoms with E-state index in [1.165, 1.54) is 56.6 Å². The van der Waals surface area contributed by atoms with Crippen LogP contribution >= 0.6 is 11.6 Å². The lowest BCUT2D eigenvalue weighted by Gasteiger charge is -2.18. The number of halogens is 1. The predicted molar refractivity (Wildman–Crippen MR) is 123 cm³/mol. The second kappa shape index (κ2) is 9.95. The lowest BCUT2D eigenvalue weighted by molar-refractivity contribution is -0.116. The molecule has 7 nitrogen and oxygen atoms in total. The van der Waals surface area contributed by atoms with Gasteiger partial charge in [0.05, 0.1) is 24.2 Å². The summed E-state index contributed by atoms with van der Waals surface area (Å²) in [6.45, 7) is -0.448. The minimum atomic E-state index is -3.90. The number of nitrogens with one attached hydrogen (secondary N) is 1. The monoisotopic (exact) mass is 472 g/mol. The minimum Gasteiger partial charge on any atom is -0.497 e. The van der Waals surface area contributed by atoms with E-state index in [9.17, 15) is 18.0 Å².